The van der Waals surface area contributed by atoms with Crippen LogP contribution >= 0.6 is 0 Å². The molecule has 0 aliphatic heterocycles. The molecule has 3 N–H and O–H groups in total. The van der Waals surface area contributed by atoms with E-state index in [1.807, 2.05) is 0 Å². The van der Waals surface area contributed by atoms with Crippen molar-refractivity contribution in [2.75, 3.05) is 13.2 Å². The van der Waals surface area contributed by atoms with E-state index in [1.165, 1.54) is 0 Å². The van der Waals surface area contributed by atoms with Gasteiger partial charge in [0.1, 0.15) is 0 Å². The molecule has 0 aromatic carbocycles. The lowest BCUT2D eigenvalue weighted by atomic mass is 10.0. The molecule has 0 aliphatic carbocycles. The van der Waals surface area contributed by atoms with E-state index in [9.17, 15) is 35.4 Å². The van der Waals surface area contributed by atoms with E-state index in [4.69, 9.17) is 10.2 Å². The molecule has 20 heavy (non-hydrogen) atoms. The van der Waals surface area contributed by atoms with Gasteiger partial charge in [-0.2, -0.15) is 9.88 Å². The molecular formula is C4H8N4O12. The summed E-state index contributed by atoms with van der Waals surface area (Å²) in [5, 5.41) is 51.9. The average molecular weight is 304 g/mol. The highest BCUT2D eigenvalue weighted by molar-refractivity contribution is 4.86. The molecular weight excluding hydrogens is 296 g/mol. The normalized spacial score (nSPS) is 12.6. The van der Waals surface area contributed by atoms with Crippen molar-refractivity contribution in [3.8, 4) is 0 Å². The highest BCUT2D eigenvalue weighted by atomic mass is 17.2. The molecule has 0 amide bonds. The zero-order chi connectivity index (χ0) is 15.9. The Balaban J connectivity index is 5.45. The van der Waals surface area contributed by atoms with Gasteiger partial charge in [-0.1, -0.05) is 0 Å². The number of hydrogen-bond donors (Lipinski definition) is 3. The van der Waals surface area contributed by atoms with Crippen molar-refractivity contribution in [2.45, 2.75) is 11.8 Å². The summed E-state index contributed by atoms with van der Waals surface area (Å²) in [6.45, 7) is -3.03. The molecule has 0 fully saturated rings. The monoisotopic (exact) mass is 304 g/mol. The molecule has 0 saturated heterocycles. The van der Waals surface area contributed by atoms with Crippen molar-refractivity contribution in [3.05, 3.63) is 30.3 Å². The van der Waals surface area contributed by atoms with Crippen LogP contribution in [-0.4, -0.2) is 60.8 Å². The summed E-state index contributed by atoms with van der Waals surface area (Å²) in [6, 6.07) is 0. The Kier molecular flexibility index (Phi) is 6.22. The van der Waals surface area contributed by atoms with Crippen molar-refractivity contribution in [2.24, 2.45) is 0 Å². The second kappa shape index (κ2) is 7.13. The number of rotatable bonds is 10. The van der Waals surface area contributed by atoms with Gasteiger partial charge >= 0.3 is 10.2 Å². The molecule has 0 aromatic rings. The van der Waals surface area contributed by atoms with Crippen LogP contribution in [0.15, 0.2) is 0 Å². The Labute approximate surface area is 107 Å². The molecule has 1 atom stereocenters. The van der Waals surface area contributed by atoms with E-state index >= 15 is 0 Å². The van der Waals surface area contributed by atoms with Gasteiger partial charge in [-0.15, -0.1) is 30.3 Å². The fourth-order valence-corrected chi connectivity index (χ4v) is 0.890. The minimum absolute atomic E-state index is 0.749. The third-order valence-corrected chi connectivity index (χ3v) is 1.84. The molecule has 0 heterocycles. The second-order valence-electron chi connectivity index (χ2n) is 2.97. The predicted octanol–water partition coefficient (Wildman–Crippen LogP) is -3.21. The Morgan fingerprint density at radius 1 is 1.00 bits per heavy atom. The largest absolute Gasteiger partial charge is 0.394 e. The third kappa shape index (κ3) is 4.28. The van der Waals surface area contributed by atoms with Gasteiger partial charge in [0, 0.05) is 5.23 Å². The molecule has 0 radical (unpaired) electrons. The fraction of sp³-hybridized carbons (Fsp3) is 1.00. The number of hydroxylamine groups is 2. The van der Waals surface area contributed by atoms with E-state index in [-0.39, 0.29) is 0 Å². The lowest BCUT2D eigenvalue weighted by Gasteiger charge is -2.37. The van der Waals surface area contributed by atoms with Gasteiger partial charge in [0.2, 0.25) is 6.29 Å². The van der Waals surface area contributed by atoms with Gasteiger partial charge < -0.3 is 15.3 Å². The molecule has 16 nitrogen and oxygen atoms in total. The van der Waals surface area contributed by atoms with Gasteiger partial charge in [-0.3, -0.25) is 4.84 Å². The smallest absolute Gasteiger partial charge is 0.313 e. The summed E-state index contributed by atoms with van der Waals surface area (Å²) >= 11 is 0. The lowest BCUT2D eigenvalue weighted by Crippen LogP contribution is -2.63. The maximum Gasteiger partial charge on any atom is 0.313 e. The first-order chi connectivity index (χ1) is 9.19. The van der Waals surface area contributed by atoms with Gasteiger partial charge in [0.15, 0.2) is 5.54 Å². The molecule has 0 aromatic heterocycles. The van der Waals surface area contributed by atoms with Crippen LogP contribution in [0.1, 0.15) is 0 Å². The first-order valence-corrected chi connectivity index (χ1v) is 4.35. The quantitative estimate of drug-likeness (QED) is 0.205. The number of nitrogens with zero attached hydrogens (tertiary/aromatic N) is 4. The van der Waals surface area contributed by atoms with Crippen molar-refractivity contribution in [1.82, 2.24) is 5.23 Å². The van der Waals surface area contributed by atoms with E-state index in [0.717, 1.165) is 0 Å². The zero-order valence-electron chi connectivity index (χ0n) is 9.30. The summed E-state index contributed by atoms with van der Waals surface area (Å²) in [5.41, 5.74) is -2.94. The summed E-state index contributed by atoms with van der Waals surface area (Å²) in [5.74, 6) is 0. The topological polar surface area (TPSA) is 221 Å². The molecule has 0 saturated carbocycles. The molecule has 116 valence electrons. The van der Waals surface area contributed by atoms with Crippen molar-refractivity contribution >= 4 is 0 Å². The number of hydrogen-bond acceptors (Lipinski definition) is 13. The van der Waals surface area contributed by atoms with Gasteiger partial charge in [-0.25, -0.2) is 0 Å². The Bertz CT molecular complexity index is 352. The van der Waals surface area contributed by atoms with Crippen LogP contribution in [0, 0.1) is 30.3 Å². The van der Waals surface area contributed by atoms with E-state index in [1.54, 1.807) is 0 Å². The van der Waals surface area contributed by atoms with E-state index in [2.05, 4.69) is 14.7 Å². The van der Waals surface area contributed by atoms with Crippen molar-refractivity contribution < 1.29 is 45.3 Å². The maximum atomic E-state index is 10.1. The summed E-state index contributed by atoms with van der Waals surface area (Å²) < 4.78 is 0. The zero-order valence-corrected chi connectivity index (χ0v) is 9.30. The first kappa shape index (κ1) is 17.4. The molecule has 16 heteroatoms. The molecule has 1 unspecified atom stereocenters. The number of aliphatic hydroxyl groups is 3. The average Bonchev–Trinajstić information content (AvgIpc) is 2.28. The van der Waals surface area contributed by atoms with E-state index < -0.39 is 45.5 Å². The highest BCUT2D eigenvalue weighted by Crippen LogP contribution is 2.22. The van der Waals surface area contributed by atoms with Crippen LogP contribution in [0.5, 0.6) is 0 Å². The maximum absolute atomic E-state index is 10.1. The van der Waals surface area contributed by atoms with Crippen LogP contribution in [0.4, 0.5) is 0 Å². The van der Waals surface area contributed by atoms with Crippen LogP contribution in [0.3, 0.4) is 0 Å². The van der Waals surface area contributed by atoms with Crippen LogP contribution in [0.25, 0.3) is 0 Å². The second-order valence-corrected chi connectivity index (χ2v) is 2.97. The fourth-order valence-electron chi connectivity index (χ4n) is 0.890. The number of aliphatic hydroxyl groups excluding tert-OH is 3. The Morgan fingerprint density at radius 2 is 1.40 bits per heavy atom. The van der Waals surface area contributed by atoms with E-state index in [0.29, 0.717) is 0 Å². The summed E-state index contributed by atoms with van der Waals surface area (Å²) in [7, 11) is 0. The highest BCUT2D eigenvalue weighted by Gasteiger charge is 2.50. The van der Waals surface area contributed by atoms with Gasteiger partial charge in [0.05, 0.1) is 13.2 Å². The molecule has 0 bridgehead atoms. The lowest BCUT2D eigenvalue weighted by molar-refractivity contribution is -0.935. The Hall–Kier alpha value is -2.56. The molecule has 0 spiro atoms. The van der Waals surface area contributed by atoms with Crippen LogP contribution in [0.2, 0.25) is 0 Å². The molecule has 0 rings (SSSR count). The predicted molar refractivity (Wildman–Crippen MR) is 49.0 cm³/mol. The SMILES string of the molecule is O=[N+]([O-])OC(O)C(CO)(CO)N(O[N+](=O)[O-])O[N+](=O)[O-]. The van der Waals surface area contributed by atoms with Crippen LogP contribution < -0.4 is 0 Å². The van der Waals surface area contributed by atoms with Gasteiger partial charge in [0.25, 0.3) is 5.09 Å². The minimum Gasteiger partial charge on any atom is -0.394 e. The van der Waals surface area contributed by atoms with Gasteiger partial charge in [-0.05, 0) is 0 Å². The van der Waals surface area contributed by atoms with Crippen molar-refractivity contribution in [1.29, 1.82) is 0 Å². The molecule has 0 aliphatic rings. The summed E-state index contributed by atoms with van der Waals surface area (Å²) in [4.78, 5) is 40.9. The minimum atomic E-state index is -2.94. The Morgan fingerprint density at radius 3 is 1.65 bits per heavy atom. The summed E-state index contributed by atoms with van der Waals surface area (Å²) in [6.07, 6.45) is -2.78. The van der Waals surface area contributed by atoms with Crippen molar-refractivity contribution in [3.63, 3.8) is 0 Å². The van der Waals surface area contributed by atoms with Crippen LogP contribution in [-0.2, 0) is 14.7 Å². The standard InChI is InChI=1S/C4H8N4O12/c9-1-4(2-10,3(11)18-6(12)13)5(19-7(14)15)20-8(16)17/h3,9-11H,1-2H2. The third-order valence-electron chi connectivity index (χ3n) is 1.84. The first-order valence-electron chi connectivity index (χ1n) is 4.35.